The standard InChI is InChI=1S/C19H17ClN4O3/c20-15-7-3-1-6-14(15)19(27)22-11-18(26)24-23-17(25)9-12-10-21-16-8-4-2-5-13(12)16/h1-8,10,21H,9,11H2,(H,22,27)(H,23,25)(H,24,26). The molecular formula is C19H17ClN4O3. The van der Waals surface area contributed by atoms with Gasteiger partial charge in [-0.05, 0) is 23.8 Å². The summed E-state index contributed by atoms with van der Waals surface area (Å²) in [5.74, 6) is -1.39. The SMILES string of the molecule is O=C(CNC(=O)c1ccccc1Cl)NNC(=O)Cc1c[nH]c2ccccc12. The second kappa shape index (κ2) is 8.37. The Morgan fingerprint density at radius 2 is 1.63 bits per heavy atom. The number of nitrogens with one attached hydrogen (secondary N) is 4. The smallest absolute Gasteiger partial charge is 0.257 e. The first-order valence-electron chi connectivity index (χ1n) is 8.20. The van der Waals surface area contributed by atoms with Crippen LogP contribution in [0.15, 0.2) is 54.7 Å². The van der Waals surface area contributed by atoms with Gasteiger partial charge in [0, 0.05) is 17.1 Å². The van der Waals surface area contributed by atoms with E-state index in [4.69, 9.17) is 11.6 Å². The fourth-order valence-corrected chi connectivity index (χ4v) is 2.80. The minimum Gasteiger partial charge on any atom is -0.361 e. The predicted octanol–water partition coefficient (Wildman–Crippen LogP) is 1.94. The van der Waals surface area contributed by atoms with Crippen molar-refractivity contribution < 1.29 is 14.4 Å². The van der Waals surface area contributed by atoms with Crippen molar-refractivity contribution in [2.24, 2.45) is 0 Å². The summed E-state index contributed by atoms with van der Waals surface area (Å²) >= 11 is 5.93. The van der Waals surface area contributed by atoms with Crippen LogP contribution >= 0.6 is 11.6 Å². The Labute approximate surface area is 160 Å². The first-order chi connectivity index (χ1) is 13.0. The van der Waals surface area contributed by atoms with Crippen LogP contribution in [0.3, 0.4) is 0 Å². The maximum Gasteiger partial charge on any atom is 0.257 e. The molecule has 2 aromatic carbocycles. The number of carbonyl (C=O) groups excluding carboxylic acids is 3. The molecule has 3 rings (SSSR count). The molecule has 27 heavy (non-hydrogen) atoms. The number of aromatic nitrogens is 1. The van der Waals surface area contributed by atoms with Gasteiger partial charge in [0.1, 0.15) is 0 Å². The molecule has 0 fully saturated rings. The Hall–Kier alpha value is -3.32. The van der Waals surface area contributed by atoms with Crippen molar-refractivity contribution in [1.82, 2.24) is 21.2 Å². The minimum atomic E-state index is -0.553. The highest BCUT2D eigenvalue weighted by molar-refractivity contribution is 6.33. The number of H-pyrrole nitrogens is 1. The fourth-order valence-electron chi connectivity index (χ4n) is 2.58. The summed E-state index contributed by atoms with van der Waals surface area (Å²) in [5.41, 5.74) is 6.63. The first-order valence-corrected chi connectivity index (χ1v) is 8.58. The molecular weight excluding hydrogens is 368 g/mol. The lowest BCUT2D eigenvalue weighted by Gasteiger charge is -2.09. The van der Waals surface area contributed by atoms with Crippen molar-refractivity contribution >= 4 is 40.2 Å². The number of amides is 3. The number of hydrogen-bond donors (Lipinski definition) is 4. The second-order valence-electron chi connectivity index (χ2n) is 5.80. The molecule has 1 aromatic heterocycles. The number of hydrazine groups is 1. The third-order valence-electron chi connectivity index (χ3n) is 3.90. The molecule has 0 spiro atoms. The van der Waals surface area contributed by atoms with Gasteiger partial charge < -0.3 is 10.3 Å². The number of aromatic amines is 1. The number of fused-ring (bicyclic) bond motifs is 1. The lowest BCUT2D eigenvalue weighted by molar-refractivity contribution is -0.128. The van der Waals surface area contributed by atoms with Gasteiger partial charge in [0.15, 0.2) is 0 Å². The average molecular weight is 385 g/mol. The van der Waals surface area contributed by atoms with Crippen molar-refractivity contribution in [2.45, 2.75) is 6.42 Å². The highest BCUT2D eigenvalue weighted by Crippen LogP contribution is 2.17. The summed E-state index contributed by atoms with van der Waals surface area (Å²) in [5, 5.41) is 3.69. The summed E-state index contributed by atoms with van der Waals surface area (Å²) in [6.45, 7) is -0.294. The van der Waals surface area contributed by atoms with E-state index in [1.54, 1.807) is 30.5 Å². The highest BCUT2D eigenvalue weighted by Gasteiger charge is 2.12. The minimum absolute atomic E-state index is 0.107. The van der Waals surface area contributed by atoms with E-state index in [0.29, 0.717) is 5.02 Å². The molecule has 7 nitrogen and oxygen atoms in total. The van der Waals surface area contributed by atoms with Crippen LogP contribution < -0.4 is 16.2 Å². The van der Waals surface area contributed by atoms with Crippen LogP contribution in [0.25, 0.3) is 10.9 Å². The van der Waals surface area contributed by atoms with Crippen LogP contribution in [-0.4, -0.2) is 29.3 Å². The zero-order valence-corrected chi connectivity index (χ0v) is 15.0. The maximum atomic E-state index is 12.0. The third-order valence-corrected chi connectivity index (χ3v) is 4.22. The third kappa shape index (κ3) is 4.65. The fraction of sp³-hybridized carbons (Fsp3) is 0.105. The molecule has 8 heteroatoms. The summed E-state index contributed by atoms with van der Waals surface area (Å²) in [4.78, 5) is 38.9. The number of carbonyl (C=O) groups is 3. The second-order valence-corrected chi connectivity index (χ2v) is 6.20. The largest absolute Gasteiger partial charge is 0.361 e. The summed E-state index contributed by atoms with van der Waals surface area (Å²) in [7, 11) is 0. The average Bonchev–Trinajstić information content (AvgIpc) is 3.08. The first kappa shape index (κ1) is 18.5. The zero-order valence-electron chi connectivity index (χ0n) is 14.2. The molecule has 138 valence electrons. The van der Waals surface area contributed by atoms with E-state index in [9.17, 15) is 14.4 Å². The van der Waals surface area contributed by atoms with Crippen LogP contribution in [-0.2, 0) is 16.0 Å². The quantitative estimate of drug-likeness (QED) is 0.505. The lowest BCUT2D eigenvalue weighted by Crippen LogP contribution is -2.46. The number of rotatable bonds is 5. The van der Waals surface area contributed by atoms with Crippen LogP contribution in [0.2, 0.25) is 5.02 Å². The Kier molecular flexibility index (Phi) is 5.73. The van der Waals surface area contributed by atoms with Crippen molar-refractivity contribution in [2.75, 3.05) is 6.54 Å². The van der Waals surface area contributed by atoms with Crippen molar-refractivity contribution in [3.8, 4) is 0 Å². The topological polar surface area (TPSA) is 103 Å². The molecule has 4 N–H and O–H groups in total. The number of benzene rings is 2. The highest BCUT2D eigenvalue weighted by atomic mass is 35.5. The number of hydrogen-bond acceptors (Lipinski definition) is 3. The molecule has 0 saturated carbocycles. The molecule has 0 aliphatic heterocycles. The van der Waals surface area contributed by atoms with Gasteiger partial charge in [0.05, 0.1) is 23.6 Å². The molecule has 0 aliphatic carbocycles. The van der Waals surface area contributed by atoms with Gasteiger partial charge >= 0.3 is 0 Å². The molecule has 3 aromatic rings. The van der Waals surface area contributed by atoms with Crippen LogP contribution in [0.1, 0.15) is 15.9 Å². The van der Waals surface area contributed by atoms with Gasteiger partial charge in [-0.1, -0.05) is 41.9 Å². The lowest BCUT2D eigenvalue weighted by atomic mass is 10.1. The molecule has 0 atom stereocenters. The van der Waals surface area contributed by atoms with Gasteiger partial charge in [0.2, 0.25) is 5.91 Å². The Bertz CT molecular complexity index is 999. The van der Waals surface area contributed by atoms with Gasteiger partial charge in [-0.15, -0.1) is 0 Å². The predicted molar refractivity (Wildman–Crippen MR) is 102 cm³/mol. The summed E-state index contributed by atoms with van der Waals surface area (Å²) < 4.78 is 0. The molecule has 0 aliphatic rings. The van der Waals surface area contributed by atoms with E-state index < -0.39 is 11.8 Å². The van der Waals surface area contributed by atoms with Gasteiger partial charge in [0.25, 0.3) is 11.8 Å². The molecule has 0 radical (unpaired) electrons. The van der Waals surface area contributed by atoms with Gasteiger partial charge in [-0.2, -0.15) is 0 Å². The molecule has 1 heterocycles. The van der Waals surface area contributed by atoms with Gasteiger partial charge in [-0.25, -0.2) is 0 Å². The van der Waals surface area contributed by atoms with E-state index in [0.717, 1.165) is 16.5 Å². The van der Waals surface area contributed by atoms with Gasteiger partial charge in [-0.3, -0.25) is 25.2 Å². The molecule has 0 bridgehead atoms. The molecule has 0 unspecified atom stereocenters. The summed E-state index contributed by atoms with van der Waals surface area (Å²) in [6, 6.07) is 14.1. The van der Waals surface area contributed by atoms with E-state index in [1.165, 1.54) is 0 Å². The van der Waals surface area contributed by atoms with Crippen LogP contribution in [0, 0.1) is 0 Å². The Morgan fingerprint density at radius 1 is 0.926 bits per heavy atom. The van der Waals surface area contributed by atoms with E-state index in [1.807, 2.05) is 24.3 Å². The maximum absolute atomic E-state index is 12.0. The monoisotopic (exact) mass is 384 g/mol. The number of halogens is 1. The molecule has 3 amide bonds. The number of para-hydroxylation sites is 1. The normalized spacial score (nSPS) is 10.4. The van der Waals surface area contributed by atoms with E-state index in [2.05, 4.69) is 21.2 Å². The zero-order chi connectivity index (χ0) is 19.2. The van der Waals surface area contributed by atoms with Crippen LogP contribution in [0.5, 0.6) is 0 Å². The molecule has 0 saturated heterocycles. The van der Waals surface area contributed by atoms with E-state index in [-0.39, 0.29) is 24.4 Å². The van der Waals surface area contributed by atoms with E-state index >= 15 is 0 Å². The van der Waals surface area contributed by atoms with Crippen molar-refractivity contribution in [3.63, 3.8) is 0 Å². The van der Waals surface area contributed by atoms with Crippen LogP contribution in [0.4, 0.5) is 0 Å². The van der Waals surface area contributed by atoms with Crippen molar-refractivity contribution in [3.05, 3.63) is 70.9 Å². The summed E-state index contributed by atoms with van der Waals surface area (Å²) in [6.07, 6.45) is 1.87. The van der Waals surface area contributed by atoms with Crippen molar-refractivity contribution in [1.29, 1.82) is 0 Å². The Morgan fingerprint density at radius 3 is 2.44 bits per heavy atom. The Balaban J connectivity index is 1.45.